The number of hydrogen-bond acceptors (Lipinski definition) is 3. The Morgan fingerprint density at radius 2 is 1.32 bits per heavy atom. The predicted molar refractivity (Wildman–Crippen MR) is 132 cm³/mol. The van der Waals surface area contributed by atoms with Crippen molar-refractivity contribution in [2.75, 3.05) is 0 Å². The van der Waals surface area contributed by atoms with Gasteiger partial charge in [0.25, 0.3) is 0 Å². The van der Waals surface area contributed by atoms with Gasteiger partial charge in [0.05, 0.1) is 11.2 Å². The first-order valence-electron chi connectivity index (χ1n) is 10.8. The van der Waals surface area contributed by atoms with Gasteiger partial charge in [-0.3, -0.25) is 0 Å². The van der Waals surface area contributed by atoms with Crippen LogP contribution in [0.2, 0.25) is 0 Å². The molecule has 1 aliphatic rings. The van der Waals surface area contributed by atoms with Gasteiger partial charge in [-0.25, -0.2) is 4.39 Å². The molecule has 1 fully saturated rings. The van der Waals surface area contributed by atoms with Gasteiger partial charge in [0.2, 0.25) is 0 Å². The Morgan fingerprint density at radius 3 is 1.84 bits per heavy atom. The maximum absolute atomic E-state index is 15.5. The molecule has 31 heavy (non-hydrogen) atoms. The summed E-state index contributed by atoms with van der Waals surface area (Å²) >= 11 is 4.56. The second-order valence-electron chi connectivity index (χ2n) is 9.37. The van der Waals surface area contributed by atoms with Crippen molar-refractivity contribution in [1.82, 2.24) is 0 Å². The summed E-state index contributed by atoms with van der Waals surface area (Å²) < 4.78 is 28.2. The average Bonchev–Trinajstić information content (AvgIpc) is 2.95. The second-order valence-corrected chi connectivity index (χ2v) is 10.3. The minimum absolute atomic E-state index is 0.142. The van der Waals surface area contributed by atoms with E-state index >= 15 is 4.39 Å². The van der Waals surface area contributed by atoms with Crippen molar-refractivity contribution >= 4 is 57.5 Å². The molecular formula is C26H26BFO2S. The molecule has 0 radical (unpaired) electrons. The van der Waals surface area contributed by atoms with E-state index in [0.29, 0.717) is 11.9 Å². The predicted octanol–water partition coefficient (Wildman–Crippen LogP) is 6.27. The van der Waals surface area contributed by atoms with Crippen LogP contribution in [0, 0.1) is 5.82 Å². The number of rotatable bonds is 3. The molecule has 5 rings (SSSR count). The molecule has 2 unspecified atom stereocenters. The molecule has 4 aromatic carbocycles. The number of halogens is 1. The molecular weight excluding hydrogens is 406 g/mol. The van der Waals surface area contributed by atoms with Gasteiger partial charge in [-0.1, -0.05) is 61.5 Å². The fourth-order valence-corrected chi connectivity index (χ4v) is 5.25. The zero-order valence-electron chi connectivity index (χ0n) is 18.3. The van der Waals surface area contributed by atoms with E-state index in [0.717, 1.165) is 32.3 Å². The van der Waals surface area contributed by atoms with E-state index in [2.05, 4.69) is 36.9 Å². The lowest BCUT2D eigenvalue weighted by Crippen LogP contribution is -2.46. The van der Waals surface area contributed by atoms with Gasteiger partial charge in [0.15, 0.2) is 0 Å². The molecule has 1 saturated heterocycles. The number of hydrogen-bond donors (Lipinski definition) is 1. The molecule has 2 nitrogen and oxygen atoms in total. The first-order valence-corrected chi connectivity index (χ1v) is 11.3. The lowest BCUT2D eigenvalue weighted by Gasteiger charge is -2.37. The molecule has 1 aliphatic heterocycles. The highest BCUT2D eigenvalue weighted by Gasteiger charge is 2.55. The number of thiol groups is 1. The summed E-state index contributed by atoms with van der Waals surface area (Å²) in [7, 11) is -0.762. The second kappa shape index (κ2) is 7.23. The van der Waals surface area contributed by atoms with Crippen LogP contribution in [0.1, 0.15) is 34.1 Å². The molecule has 0 amide bonds. The SMILES string of the molecule is CC(S)CC1(C)OB(c2cc3c4ccccc4c4ccccc4c3cc2F)OC1(C)C. The van der Waals surface area contributed by atoms with Gasteiger partial charge < -0.3 is 9.31 Å². The van der Waals surface area contributed by atoms with Crippen LogP contribution >= 0.6 is 12.6 Å². The topological polar surface area (TPSA) is 18.5 Å². The third-order valence-electron chi connectivity index (χ3n) is 6.84. The van der Waals surface area contributed by atoms with Gasteiger partial charge in [0.1, 0.15) is 5.82 Å². The Bertz CT molecular complexity index is 1320. The lowest BCUT2D eigenvalue weighted by molar-refractivity contribution is -0.0148. The van der Waals surface area contributed by atoms with E-state index in [1.807, 2.05) is 58.0 Å². The molecule has 0 saturated carbocycles. The molecule has 0 bridgehead atoms. The molecule has 0 aliphatic carbocycles. The van der Waals surface area contributed by atoms with Gasteiger partial charge in [-0.2, -0.15) is 12.6 Å². The minimum atomic E-state index is -0.762. The summed E-state index contributed by atoms with van der Waals surface area (Å²) in [5.41, 5.74) is -0.691. The summed E-state index contributed by atoms with van der Waals surface area (Å²) in [6, 6.07) is 20.0. The molecule has 4 aromatic rings. The van der Waals surface area contributed by atoms with E-state index in [1.54, 1.807) is 6.07 Å². The van der Waals surface area contributed by atoms with Crippen molar-refractivity contribution in [2.45, 2.75) is 50.6 Å². The standard InChI is InChI=1S/C26H26BFO2S/c1-16(31)15-26(4)25(2,3)29-27(30-26)23-13-21-19-11-7-5-9-17(19)18-10-6-8-12-20(18)22(21)14-24(23)28/h5-14,16,31H,15H2,1-4H3. The van der Waals surface area contributed by atoms with Crippen molar-refractivity contribution in [3.05, 3.63) is 66.5 Å². The van der Waals surface area contributed by atoms with Gasteiger partial charge >= 0.3 is 7.12 Å². The van der Waals surface area contributed by atoms with Crippen molar-refractivity contribution in [3.8, 4) is 0 Å². The lowest BCUT2D eigenvalue weighted by atomic mass is 9.77. The highest BCUT2D eigenvalue weighted by atomic mass is 32.1. The minimum Gasteiger partial charge on any atom is -0.399 e. The number of fused-ring (bicyclic) bond motifs is 6. The largest absolute Gasteiger partial charge is 0.497 e. The van der Waals surface area contributed by atoms with Crippen molar-refractivity contribution in [2.24, 2.45) is 0 Å². The first-order chi connectivity index (χ1) is 14.7. The molecule has 0 aromatic heterocycles. The Hall–Kier alpha value is -2.08. The smallest absolute Gasteiger partial charge is 0.399 e. The molecule has 0 spiro atoms. The average molecular weight is 432 g/mol. The third kappa shape index (κ3) is 3.26. The summed E-state index contributed by atoms with van der Waals surface area (Å²) in [5.74, 6) is -0.308. The monoisotopic (exact) mass is 432 g/mol. The summed E-state index contributed by atoms with van der Waals surface area (Å²) in [6.45, 7) is 8.08. The van der Waals surface area contributed by atoms with E-state index in [-0.39, 0.29) is 11.1 Å². The van der Waals surface area contributed by atoms with Crippen LogP contribution in [-0.4, -0.2) is 23.6 Å². The fourth-order valence-electron chi connectivity index (χ4n) is 4.90. The molecule has 1 heterocycles. The number of benzene rings is 4. The van der Waals surface area contributed by atoms with Gasteiger partial charge in [-0.15, -0.1) is 0 Å². The zero-order valence-corrected chi connectivity index (χ0v) is 19.2. The normalized spacial score (nSPS) is 21.9. The first kappa shape index (κ1) is 20.8. The van der Waals surface area contributed by atoms with Crippen molar-refractivity contribution in [1.29, 1.82) is 0 Å². The summed E-state index contributed by atoms with van der Waals surface area (Å²) in [5, 5.41) is 6.48. The van der Waals surface area contributed by atoms with Crippen LogP contribution in [0.5, 0.6) is 0 Å². The van der Waals surface area contributed by atoms with Crippen LogP contribution < -0.4 is 5.46 Å². The molecule has 5 heteroatoms. The van der Waals surface area contributed by atoms with Crippen molar-refractivity contribution in [3.63, 3.8) is 0 Å². The summed E-state index contributed by atoms with van der Waals surface area (Å²) in [4.78, 5) is 0. The van der Waals surface area contributed by atoms with Crippen LogP contribution in [0.25, 0.3) is 32.3 Å². The molecule has 2 atom stereocenters. The van der Waals surface area contributed by atoms with E-state index in [4.69, 9.17) is 9.31 Å². The quantitative estimate of drug-likeness (QED) is 0.234. The van der Waals surface area contributed by atoms with Crippen molar-refractivity contribution < 1.29 is 13.7 Å². The van der Waals surface area contributed by atoms with Gasteiger partial charge in [0, 0.05) is 10.7 Å². The Kier molecular flexibility index (Phi) is 4.85. The highest BCUT2D eigenvalue weighted by Crippen LogP contribution is 2.42. The van der Waals surface area contributed by atoms with E-state index < -0.39 is 18.3 Å². The maximum atomic E-state index is 15.5. The van der Waals surface area contributed by atoms with Crippen LogP contribution in [0.3, 0.4) is 0 Å². The van der Waals surface area contributed by atoms with Gasteiger partial charge in [-0.05, 0) is 65.6 Å². The molecule has 0 N–H and O–H groups in total. The van der Waals surface area contributed by atoms with Crippen LogP contribution in [0.4, 0.5) is 4.39 Å². The summed E-state index contributed by atoms with van der Waals surface area (Å²) in [6.07, 6.45) is 0.711. The molecule has 158 valence electrons. The maximum Gasteiger partial charge on any atom is 0.497 e. The van der Waals surface area contributed by atoms with Crippen LogP contribution in [-0.2, 0) is 9.31 Å². The zero-order chi connectivity index (χ0) is 22.0. The van der Waals surface area contributed by atoms with Crippen LogP contribution in [0.15, 0.2) is 60.7 Å². The highest BCUT2D eigenvalue weighted by molar-refractivity contribution is 7.80. The Balaban J connectivity index is 1.73. The fraction of sp³-hybridized carbons (Fsp3) is 0.308. The third-order valence-corrected chi connectivity index (χ3v) is 7.03. The van der Waals surface area contributed by atoms with E-state index in [1.165, 1.54) is 0 Å². The Labute approximate surface area is 188 Å². The Morgan fingerprint density at radius 1 is 0.839 bits per heavy atom. The van der Waals surface area contributed by atoms with E-state index in [9.17, 15) is 0 Å².